The number of benzene rings is 2. The normalized spacial score (nSPS) is 11.1. The van der Waals surface area contributed by atoms with Crippen molar-refractivity contribution in [3.8, 4) is 0 Å². The average Bonchev–Trinajstić information content (AvgIpc) is 2.58. The van der Waals surface area contributed by atoms with Gasteiger partial charge in [-0.1, -0.05) is 75.2 Å². The molecule has 0 spiro atoms. The van der Waals surface area contributed by atoms with Gasteiger partial charge in [0.15, 0.2) is 0 Å². The molecule has 2 N–H and O–H groups in total. The second-order valence-electron chi connectivity index (χ2n) is 6.08. The summed E-state index contributed by atoms with van der Waals surface area (Å²) in [4.78, 5) is 0. The molecule has 0 atom stereocenters. The van der Waals surface area contributed by atoms with Crippen LogP contribution in [-0.4, -0.2) is 0 Å². The SMILES string of the molecule is CCCCc1ccccc1C(N)c1ccccc1CCCC. The van der Waals surface area contributed by atoms with Crippen LogP contribution in [-0.2, 0) is 12.8 Å². The maximum Gasteiger partial charge on any atom is 0.0557 e. The van der Waals surface area contributed by atoms with Crippen molar-refractivity contribution in [3.63, 3.8) is 0 Å². The highest BCUT2D eigenvalue weighted by atomic mass is 14.6. The minimum atomic E-state index is -0.0129. The van der Waals surface area contributed by atoms with Crippen LogP contribution < -0.4 is 5.73 Å². The van der Waals surface area contributed by atoms with E-state index >= 15 is 0 Å². The Kier molecular flexibility index (Phi) is 6.67. The van der Waals surface area contributed by atoms with Gasteiger partial charge >= 0.3 is 0 Å². The number of nitrogens with two attached hydrogens (primary N) is 1. The molecule has 0 aliphatic rings. The lowest BCUT2D eigenvalue weighted by molar-refractivity contribution is 0.751. The maximum absolute atomic E-state index is 6.66. The van der Waals surface area contributed by atoms with Gasteiger partial charge in [0.05, 0.1) is 6.04 Å². The number of rotatable bonds is 8. The first-order valence-corrected chi connectivity index (χ1v) is 8.69. The summed E-state index contributed by atoms with van der Waals surface area (Å²) in [6.07, 6.45) is 7.13. The minimum absolute atomic E-state index is 0.0129. The van der Waals surface area contributed by atoms with Crippen LogP contribution in [0.15, 0.2) is 48.5 Å². The lowest BCUT2D eigenvalue weighted by Crippen LogP contribution is -2.16. The molecule has 0 fully saturated rings. The molecule has 0 saturated heterocycles. The second kappa shape index (κ2) is 8.75. The molecule has 0 unspecified atom stereocenters. The first-order chi connectivity index (χ1) is 10.8. The minimum Gasteiger partial charge on any atom is -0.320 e. The zero-order chi connectivity index (χ0) is 15.8. The Morgan fingerprint density at radius 1 is 0.727 bits per heavy atom. The standard InChI is InChI=1S/C21H29N/c1-3-5-11-17-13-7-9-15-19(17)21(22)20-16-10-8-14-18(20)12-6-4-2/h7-10,13-16,21H,3-6,11-12,22H2,1-2H3. The summed E-state index contributed by atoms with van der Waals surface area (Å²) < 4.78 is 0. The van der Waals surface area contributed by atoms with Crippen LogP contribution in [0.2, 0.25) is 0 Å². The molecule has 1 nitrogen and oxygen atoms in total. The number of hydrogen-bond donors (Lipinski definition) is 1. The van der Waals surface area contributed by atoms with Crippen molar-refractivity contribution in [1.82, 2.24) is 0 Å². The third-order valence-corrected chi connectivity index (χ3v) is 4.38. The number of aryl methyl sites for hydroxylation is 2. The summed E-state index contributed by atoms with van der Waals surface area (Å²) in [6, 6.07) is 17.3. The van der Waals surface area contributed by atoms with E-state index in [1.807, 2.05) is 0 Å². The largest absolute Gasteiger partial charge is 0.320 e. The van der Waals surface area contributed by atoms with Gasteiger partial charge in [-0.15, -0.1) is 0 Å². The molecule has 0 saturated carbocycles. The molecule has 2 aromatic carbocycles. The molecule has 22 heavy (non-hydrogen) atoms. The third kappa shape index (κ3) is 4.20. The summed E-state index contributed by atoms with van der Waals surface area (Å²) in [7, 11) is 0. The quantitative estimate of drug-likeness (QED) is 0.691. The Bertz CT molecular complexity index is 522. The van der Waals surface area contributed by atoms with E-state index in [1.165, 1.54) is 47.9 Å². The Balaban J connectivity index is 2.30. The van der Waals surface area contributed by atoms with Crippen LogP contribution in [0.25, 0.3) is 0 Å². The van der Waals surface area contributed by atoms with Crippen LogP contribution in [0.3, 0.4) is 0 Å². The Morgan fingerprint density at radius 2 is 1.14 bits per heavy atom. The van der Waals surface area contributed by atoms with Gasteiger partial charge in [0.25, 0.3) is 0 Å². The first kappa shape index (κ1) is 16.8. The molecule has 0 aliphatic carbocycles. The van der Waals surface area contributed by atoms with E-state index in [4.69, 9.17) is 5.73 Å². The maximum atomic E-state index is 6.66. The van der Waals surface area contributed by atoms with Gasteiger partial charge in [0.2, 0.25) is 0 Å². The van der Waals surface area contributed by atoms with E-state index < -0.39 is 0 Å². The molecular weight excluding hydrogens is 266 g/mol. The highest BCUT2D eigenvalue weighted by Crippen LogP contribution is 2.27. The van der Waals surface area contributed by atoms with E-state index in [0.29, 0.717) is 0 Å². The van der Waals surface area contributed by atoms with E-state index in [0.717, 1.165) is 12.8 Å². The fourth-order valence-corrected chi connectivity index (χ4v) is 3.03. The topological polar surface area (TPSA) is 26.0 Å². The van der Waals surface area contributed by atoms with Crippen LogP contribution in [0.5, 0.6) is 0 Å². The van der Waals surface area contributed by atoms with Crippen molar-refractivity contribution in [2.24, 2.45) is 5.73 Å². The second-order valence-corrected chi connectivity index (χ2v) is 6.08. The van der Waals surface area contributed by atoms with Gasteiger partial charge in [0.1, 0.15) is 0 Å². The lowest BCUT2D eigenvalue weighted by Gasteiger charge is -2.20. The van der Waals surface area contributed by atoms with Crippen LogP contribution in [0.1, 0.15) is 67.8 Å². The van der Waals surface area contributed by atoms with E-state index in [2.05, 4.69) is 62.4 Å². The fourth-order valence-electron chi connectivity index (χ4n) is 3.03. The Hall–Kier alpha value is -1.60. The van der Waals surface area contributed by atoms with Gasteiger partial charge < -0.3 is 5.73 Å². The van der Waals surface area contributed by atoms with Crippen molar-refractivity contribution < 1.29 is 0 Å². The van der Waals surface area contributed by atoms with Crippen molar-refractivity contribution in [1.29, 1.82) is 0 Å². The lowest BCUT2D eigenvalue weighted by atomic mass is 9.89. The van der Waals surface area contributed by atoms with E-state index in [9.17, 15) is 0 Å². The average molecular weight is 295 g/mol. The van der Waals surface area contributed by atoms with E-state index in [1.54, 1.807) is 0 Å². The Labute approximate surface area is 135 Å². The smallest absolute Gasteiger partial charge is 0.0557 e. The molecule has 0 radical (unpaired) electrons. The third-order valence-electron chi connectivity index (χ3n) is 4.38. The summed E-state index contributed by atoms with van der Waals surface area (Å²) in [5.41, 5.74) is 12.1. The van der Waals surface area contributed by atoms with E-state index in [-0.39, 0.29) is 6.04 Å². The Morgan fingerprint density at radius 3 is 1.55 bits per heavy atom. The molecule has 0 amide bonds. The van der Waals surface area contributed by atoms with Crippen LogP contribution in [0.4, 0.5) is 0 Å². The van der Waals surface area contributed by atoms with Gasteiger partial charge in [0, 0.05) is 0 Å². The van der Waals surface area contributed by atoms with Crippen molar-refractivity contribution in [3.05, 3.63) is 70.8 Å². The molecule has 0 bridgehead atoms. The number of hydrogen-bond acceptors (Lipinski definition) is 1. The highest BCUT2D eigenvalue weighted by molar-refractivity contribution is 5.40. The highest BCUT2D eigenvalue weighted by Gasteiger charge is 2.15. The summed E-state index contributed by atoms with van der Waals surface area (Å²) in [5, 5.41) is 0. The van der Waals surface area contributed by atoms with Gasteiger partial charge in [-0.05, 0) is 47.9 Å². The monoisotopic (exact) mass is 295 g/mol. The van der Waals surface area contributed by atoms with Gasteiger partial charge in [-0.2, -0.15) is 0 Å². The molecule has 2 rings (SSSR count). The molecule has 0 heterocycles. The summed E-state index contributed by atoms with van der Waals surface area (Å²) in [5.74, 6) is 0. The molecular formula is C21H29N. The predicted octanol–water partition coefficient (Wildman–Crippen LogP) is 5.42. The molecule has 0 aromatic heterocycles. The number of unbranched alkanes of at least 4 members (excludes halogenated alkanes) is 2. The van der Waals surface area contributed by atoms with Crippen LogP contribution in [0, 0.1) is 0 Å². The fraction of sp³-hybridized carbons (Fsp3) is 0.429. The van der Waals surface area contributed by atoms with Crippen molar-refractivity contribution in [2.75, 3.05) is 0 Å². The van der Waals surface area contributed by atoms with Gasteiger partial charge in [-0.3, -0.25) is 0 Å². The predicted molar refractivity (Wildman–Crippen MR) is 96.1 cm³/mol. The zero-order valence-electron chi connectivity index (χ0n) is 14.0. The van der Waals surface area contributed by atoms with Crippen molar-refractivity contribution in [2.45, 2.75) is 58.4 Å². The molecule has 0 aliphatic heterocycles. The molecule has 2 aromatic rings. The molecule has 118 valence electrons. The van der Waals surface area contributed by atoms with Crippen LogP contribution >= 0.6 is 0 Å². The van der Waals surface area contributed by atoms with Gasteiger partial charge in [-0.25, -0.2) is 0 Å². The summed E-state index contributed by atoms with van der Waals surface area (Å²) >= 11 is 0. The zero-order valence-corrected chi connectivity index (χ0v) is 14.0. The van der Waals surface area contributed by atoms with Crippen molar-refractivity contribution >= 4 is 0 Å². The first-order valence-electron chi connectivity index (χ1n) is 8.69. The molecule has 1 heteroatoms. The summed E-state index contributed by atoms with van der Waals surface area (Å²) in [6.45, 7) is 4.48.